The number of pyridine rings is 1. The number of rotatable bonds is 1. The monoisotopic (exact) mass is 305 g/mol. The maximum Gasteiger partial charge on any atom is 0.345 e. The van der Waals surface area contributed by atoms with Crippen molar-refractivity contribution in [1.29, 1.82) is 0 Å². The van der Waals surface area contributed by atoms with Crippen LogP contribution in [0.25, 0.3) is 33.1 Å². The van der Waals surface area contributed by atoms with Gasteiger partial charge in [0.15, 0.2) is 0 Å². The van der Waals surface area contributed by atoms with Crippen LogP contribution in [0.3, 0.4) is 0 Å². The summed E-state index contributed by atoms with van der Waals surface area (Å²) in [5.74, 6) is 0.0397. The first-order valence-corrected chi connectivity index (χ1v) is 7.21. The first kappa shape index (κ1) is 13.6. The van der Waals surface area contributed by atoms with Crippen molar-refractivity contribution in [2.75, 3.05) is 0 Å². The topological polar surface area (TPSA) is 43.1 Å². The van der Waals surface area contributed by atoms with Gasteiger partial charge in [-0.1, -0.05) is 11.6 Å². The van der Waals surface area contributed by atoms with Gasteiger partial charge in [0, 0.05) is 17.0 Å². The lowest BCUT2D eigenvalue weighted by Gasteiger charge is -2.05. The van der Waals surface area contributed by atoms with Crippen LogP contribution in [-0.2, 0) is 0 Å². The third kappa shape index (κ3) is 2.38. The number of aromatic nitrogens is 1. The van der Waals surface area contributed by atoms with Crippen molar-refractivity contribution in [2.45, 2.75) is 6.92 Å². The van der Waals surface area contributed by atoms with Crippen LogP contribution in [0.2, 0.25) is 0 Å². The molecule has 0 aliphatic heterocycles. The Balaban J connectivity index is 1.99. The zero-order valence-corrected chi connectivity index (χ0v) is 12.3. The molecule has 2 aromatic carbocycles. The Labute approximate surface area is 131 Å². The quantitative estimate of drug-likeness (QED) is 0.488. The molecule has 0 fully saturated rings. The predicted octanol–water partition coefficient (Wildman–Crippen LogP) is 4.46. The summed E-state index contributed by atoms with van der Waals surface area (Å²) in [4.78, 5) is 16.8. The minimum Gasteiger partial charge on any atom is -0.422 e. The van der Waals surface area contributed by atoms with Gasteiger partial charge >= 0.3 is 5.63 Å². The van der Waals surface area contributed by atoms with E-state index in [4.69, 9.17) is 4.42 Å². The normalized spacial score (nSPS) is 11.2. The second-order valence-corrected chi connectivity index (χ2v) is 5.52. The van der Waals surface area contributed by atoms with Crippen molar-refractivity contribution in [2.24, 2.45) is 0 Å². The highest BCUT2D eigenvalue weighted by Crippen LogP contribution is 2.24. The Kier molecular flexibility index (Phi) is 2.98. The lowest BCUT2D eigenvalue weighted by Crippen LogP contribution is -2.02. The van der Waals surface area contributed by atoms with E-state index in [1.54, 1.807) is 24.3 Å². The Morgan fingerprint density at radius 3 is 2.52 bits per heavy atom. The molecule has 0 aliphatic rings. The molecular weight excluding hydrogens is 293 g/mol. The standard InChI is InChI=1S/C19H12FNO2/c1-11-2-7-16-13(8-11)9-15-17(21-16)10-18(23-19(15)22)12-3-5-14(20)6-4-12/h2-10H,1H3. The first-order chi connectivity index (χ1) is 11.1. The third-order valence-electron chi connectivity index (χ3n) is 3.82. The molecule has 0 atom stereocenters. The fourth-order valence-electron chi connectivity index (χ4n) is 2.65. The molecule has 3 nitrogen and oxygen atoms in total. The van der Waals surface area contributed by atoms with Gasteiger partial charge in [0.2, 0.25) is 0 Å². The largest absolute Gasteiger partial charge is 0.422 e. The number of fused-ring (bicyclic) bond motifs is 2. The summed E-state index contributed by atoms with van der Waals surface area (Å²) >= 11 is 0. The van der Waals surface area contributed by atoms with Gasteiger partial charge in [-0.3, -0.25) is 0 Å². The number of benzene rings is 2. The van der Waals surface area contributed by atoms with Crippen LogP contribution in [-0.4, -0.2) is 4.98 Å². The van der Waals surface area contributed by atoms with Gasteiger partial charge in [-0.15, -0.1) is 0 Å². The zero-order valence-electron chi connectivity index (χ0n) is 12.3. The maximum atomic E-state index is 13.0. The molecule has 23 heavy (non-hydrogen) atoms. The summed E-state index contributed by atoms with van der Waals surface area (Å²) in [6.45, 7) is 1.99. The third-order valence-corrected chi connectivity index (χ3v) is 3.82. The van der Waals surface area contributed by atoms with E-state index in [1.807, 2.05) is 25.1 Å². The summed E-state index contributed by atoms with van der Waals surface area (Å²) in [7, 11) is 0. The Bertz CT molecular complexity index is 1100. The molecule has 4 aromatic rings. The molecule has 0 saturated heterocycles. The van der Waals surface area contributed by atoms with Crippen LogP contribution in [0.4, 0.5) is 4.39 Å². The predicted molar refractivity (Wildman–Crippen MR) is 87.9 cm³/mol. The molecule has 0 bridgehead atoms. The van der Waals surface area contributed by atoms with Crippen molar-refractivity contribution in [3.05, 3.63) is 76.4 Å². The van der Waals surface area contributed by atoms with Gasteiger partial charge in [-0.25, -0.2) is 14.2 Å². The number of hydrogen-bond donors (Lipinski definition) is 0. The fraction of sp³-hybridized carbons (Fsp3) is 0.0526. The average molecular weight is 305 g/mol. The molecule has 0 spiro atoms. The minimum absolute atomic E-state index is 0.337. The minimum atomic E-state index is -0.447. The Morgan fingerprint density at radius 2 is 1.74 bits per heavy atom. The van der Waals surface area contributed by atoms with Crippen LogP contribution >= 0.6 is 0 Å². The SMILES string of the molecule is Cc1ccc2nc3cc(-c4ccc(F)cc4)oc(=O)c3cc2c1. The van der Waals surface area contributed by atoms with Gasteiger partial charge in [0.1, 0.15) is 11.6 Å². The summed E-state index contributed by atoms with van der Waals surface area (Å²) in [5.41, 5.74) is 2.68. The van der Waals surface area contributed by atoms with Gasteiger partial charge in [0.05, 0.1) is 16.4 Å². The zero-order chi connectivity index (χ0) is 16.0. The van der Waals surface area contributed by atoms with Crippen LogP contribution < -0.4 is 5.63 Å². The lowest BCUT2D eigenvalue weighted by molar-refractivity contribution is 0.534. The van der Waals surface area contributed by atoms with E-state index in [1.165, 1.54) is 12.1 Å². The summed E-state index contributed by atoms with van der Waals surface area (Å²) in [6.07, 6.45) is 0. The first-order valence-electron chi connectivity index (χ1n) is 7.21. The smallest absolute Gasteiger partial charge is 0.345 e. The molecule has 112 valence electrons. The molecule has 2 heterocycles. The van der Waals surface area contributed by atoms with Crippen LogP contribution in [0.15, 0.2) is 63.8 Å². The molecule has 0 saturated carbocycles. The Morgan fingerprint density at radius 1 is 0.957 bits per heavy atom. The lowest BCUT2D eigenvalue weighted by atomic mass is 10.1. The van der Waals surface area contributed by atoms with Crippen molar-refractivity contribution < 1.29 is 8.81 Å². The highest BCUT2D eigenvalue weighted by atomic mass is 19.1. The van der Waals surface area contributed by atoms with E-state index in [9.17, 15) is 9.18 Å². The molecule has 4 heteroatoms. The van der Waals surface area contributed by atoms with E-state index in [2.05, 4.69) is 4.98 Å². The van der Waals surface area contributed by atoms with Crippen LogP contribution in [0, 0.1) is 12.7 Å². The highest BCUT2D eigenvalue weighted by Gasteiger charge is 2.09. The summed E-state index contributed by atoms with van der Waals surface area (Å²) < 4.78 is 18.4. The van der Waals surface area contributed by atoms with Gasteiger partial charge < -0.3 is 4.42 Å². The molecule has 0 unspecified atom stereocenters. The molecule has 0 N–H and O–H groups in total. The second-order valence-electron chi connectivity index (χ2n) is 5.52. The average Bonchev–Trinajstić information content (AvgIpc) is 2.54. The Hall–Kier alpha value is -3.01. The molecule has 0 radical (unpaired) electrons. The summed E-state index contributed by atoms with van der Waals surface area (Å²) in [5, 5.41) is 1.34. The molecule has 4 rings (SSSR count). The van der Waals surface area contributed by atoms with E-state index < -0.39 is 5.63 Å². The number of halogens is 1. The second kappa shape index (κ2) is 5.02. The fourth-order valence-corrected chi connectivity index (χ4v) is 2.65. The van der Waals surface area contributed by atoms with Crippen LogP contribution in [0.5, 0.6) is 0 Å². The van der Waals surface area contributed by atoms with E-state index >= 15 is 0 Å². The van der Waals surface area contributed by atoms with E-state index in [0.717, 1.165) is 16.5 Å². The van der Waals surface area contributed by atoms with Crippen LogP contribution in [0.1, 0.15) is 5.56 Å². The van der Waals surface area contributed by atoms with Crippen molar-refractivity contribution >= 4 is 21.8 Å². The molecular formula is C19H12FNO2. The van der Waals surface area contributed by atoms with Crippen molar-refractivity contribution in [3.63, 3.8) is 0 Å². The van der Waals surface area contributed by atoms with E-state index in [0.29, 0.717) is 22.2 Å². The molecule has 2 aromatic heterocycles. The van der Waals surface area contributed by atoms with Gasteiger partial charge in [-0.2, -0.15) is 0 Å². The van der Waals surface area contributed by atoms with Crippen molar-refractivity contribution in [3.8, 4) is 11.3 Å². The number of nitrogens with zero attached hydrogens (tertiary/aromatic N) is 1. The highest BCUT2D eigenvalue weighted by molar-refractivity contribution is 5.93. The molecule has 0 aliphatic carbocycles. The number of aryl methyl sites for hydroxylation is 1. The number of hydrogen-bond acceptors (Lipinski definition) is 3. The van der Waals surface area contributed by atoms with Gasteiger partial charge in [-0.05, 0) is 49.4 Å². The van der Waals surface area contributed by atoms with Gasteiger partial charge in [0.25, 0.3) is 0 Å². The molecule has 0 amide bonds. The maximum absolute atomic E-state index is 13.0. The van der Waals surface area contributed by atoms with E-state index in [-0.39, 0.29) is 5.82 Å². The van der Waals surface area contributed by atoms with Crippen molar-refractivity contribution in [1.82, 2.24) is 4.98 Å². The summed E-state index contributed by atoms with van der Waals surface area (Å²) in [6, 6.07) is 15.2.